The van der Waals surface area contributed by atoms with Crippen molar-refractivity contribution in [2.75, 3.05) is 20.6 Å². The minimum Gasteiger partial charge on any atom is -0.337 e. The molecule has 6 nitrogen and oxygen atoms in total. The Morgan fingerprint density at radius 1 is 1.27 bits per heavy atom. The van der Waals surface area contributed by atoms with Gasteiger partial charge in [-0.1, -0.05) is 12.1 Å². The molecule has 0 spiro atoms. The van der Waals surface area contributed by atoms with Crippen molar-refractivity contribution in [1.29, 1.82) is 5.26 Å². The molecule has 0 amide bonds. The number of rotatable bonds is 6. The Kier molecular flexibility index (Phi) is 6.08. The van der Waals surface area contributed by atoms with E-state index in [2.05, 4.69) is 6.07 Å². The Morgan fingerprint density at radius 2 is 2.00 bits per heavy atom. The van der Waals surface area contributed by atoms with E-state index in [1.54, 1.807) is 34.9 Å². The highest BCUT2D eigenvalue weighted by Crippen LogP contribution is 2.36. The highest BCUT2D eigenvalue weighted by atomic mass is 32.2. The number of sulfonamides is 1. The van der Waals surface area contributed by atoms with Crippen molar-refractivity contribution in [2.45, 2.75) is 18.4 Å². The topological polar surface area (TPSA) is 92.1 Å². The van der Waals surface area contributed by atoms with Crippen LogP contribution in [0.5, 0.6) is 0 Å². The van der Waals surface area contributed by atoms with Crippen molar-refractivity contribution in [1.82, 2.24) is 8.87 Å². The lowest BCUT2D eigenvalue weighted by molar-refractivity contribution is 0.521. The molecule has 3 rings (SSSR count). The maximum atomic E-state index is 14.3. The molecule has 0 unspecified atom stereocenters. The molecular weight excluding hydrogens is 403 g/mol. The second-order valence-electron chi connectivity index (χ2n) is 7.09. The van der Waals surface area contributed by atoms with Gasteiger partial charge in [-0.15, -0.1) is 0 Å². The summed E-state index contributed by atoms with van der Waals surface area (Å²) in [6, 6.07) is 14.0. The lowest BCUT2D eigenvalue weighted by Gasteiger charge is -2.13. The van der Waals surface area contributed by atoms with Crippen molar-refractivity contribution in [2.24, 2.45) is 5.73 Å². The summed E-state index contributed by atoms with van der Waals surface area (Å²) >= 11 is 0. The lowest BCUT2D eigenvalue weighted by atomic mass is 10.0. The Labute approximate surface area is 175 Å². The summed E-state index contributed by atoms with van der Waals surface area (Å²) in [5.74, 6) is -0.364. The van der Waals surface area contributed by atoms with Gasteiger partial charge in [-0.3, -0.25) is 0 Å². The van der Waals surface area contributed by atoms with E-state index in [1.165, 1.54) is 26.2 Å². The first kappa shape index (κ1) is 21.7. The first-order chi connectivity index (χ1) is 14.2. The van der Waals surface area contributed by atoms with E-state index in [0.717, 1.165) is 26.5 Å². The summed E-state index contributed by atoms with van der Waals surface area (Å²) < 4.78 is 42.4. The number of nitrogens with zero attached hydrogens (tertiary/aromatic N) is 3. The van der Waals surface area contributed by atoms with Gasteiger partial charge in [0, 0.05) is 42.8 Å². The highest BCUT2D eigenvalue weighted by molar-refractivity contribution is 7.89. The summed E-state index contributed by atoms with van der Waals surface area (Å²) in [5, 5.41) is 10.1. The van der Waals surface area contributed by atoms with Crippen LogP contribution in [0.25, 0.3) is 22.0 Å². The number of nitrogens with two attached hydrogens (primary N) is 1. The standard InChI is InChI=1S/C22H23FN4O2S/c1-15-22(17-5-4-6-19(12-17)30(28,29)26(2)3)20-11-16(13-25)7-8-21(20)27(15)14-18(23)9-10-24/h4-9,11-12H,10,14,24H2,1-3H3. The molecule has 1 aromatic heterocycles. The highest BCUT2D eigenvalue weighted by Gasteiger charge is 2.21. The van der Waals surface area contributed by atoms with Crippen LogP contribution < -0.4 is 5.73 Å². The Balaban J connectivity index is 2.30. The molecule has 0 aliphatic heterocycles. The first-order valence-corrected chi connectivity index (χ1v) is 10.7. The van der Waals surface area contributed by atoms with Gasteiger partial charge >= 0.3 is 0 Å². The molecular formula is C22H23FN4O2S. The zero-order chi connectivity index (χ0) is 22.1. The van der Waals surface area contributed by atoms with Gasteiger partial charge in [0.25, 0.3) is 0 Å². The molecule has 0 atom stereocenters. The van der Waals surface area contributed by atoms with Gasteiger partial charge in [0.1, 0.15) is 5.83 Å². The molecule has 0 aliphatic carbocycles. The third-order valence-corrected chi connectivity index (χ3v) is 6.81. The largest absolute Gasteiger partial charge is 0.337 e. The fourth-order valence-corrected chi connectivity index (χ4v) is 4.43. The van der Waals surface area contributed by atoms with E-state index in [9.17, 15) is 18.1 Å². The Hall–Kier alpha value is -2.99. The molecule has 0 saturated carbocycles. The smallest absolute Gasteiger partial charge is 0.242 e. The average molecular weight is 427 g/mol. The fraction of sp³-hybridized carbons (Fsp3) is 0.227. The van der Waals surface area contributed by atoms with Crippen LogP contribution in [-0.4, -0.2) is 37.9 Å². The molecule has 0 saturated heterocycles. The van der Waals surface area contributed by atoms with Crippen molar-refractivity contribution in [3.63, 3.8) is 0 Å². The molecule has 0 fully saturated rings. The number of halogens is 1. The third-order valence-electron chi connectivity index (χ3n) is 5.00. The summed E-state index contributed by atoms with van der Waals surface area (Å²) in [5.41, 5.74) is 8.85. The molecule has 0 radical (unpaired) electrons. The van der Waals surface area contributed by atoms with E-state index < -0.39 is 10.0 Å². The van der Waals surface area contributed by atoms with Crippen molar-refractivity contribution in [3.8, 4) is 17.2 Å². The van der Waals surface area contributed by atoms with E-state index in [1.807, 2.05) is 13.0 Å². The molecule has 8 heteroatoms. The number of hydrogen-bond acceptors (Lipinski definition) is 4. The van der Waals surface area contributed by atoms with Gasteiger partial charge in [-0.25, -0.2) is 17.1 Å². The normalized spacial score (nSPS) is 12.5. The average Bonchev–Trinajstić information content (AvgIpc) is 2.98. The zero-order valence-corrected chi connectivity index (χ0v) is 17.9. The van der Waals surface area contributed by atoms with Crippen LogP contribution in [0.1, 0.15) is 11.3 Å². The molecule has 30 heavy (non-hydrogen) atoms. The van der Waals surface area contributed by atoms with Crippen LogP contribution in [-0.2, 0) is 16.6 Å². The van der Waals surface area contributed by atoms with Crippen LogP contribution >= 0.6 is 0 Å². The van der Waals surface area contributed by atoms with Gasteiger partial charge < -0.3 is 10.3 Å². The fourth-order valence-electron chi connectivity index (χ4n) is 3.49. The predicted molar refractivity (Wildman–Crippen MR) is 116 cm³/mol. The number of aromatic nitrogens is 1. The molecule has 2 aromatic carbocycles. The monoisotopic (exact) mass is 426 g/mol. The molecule has 156 valence electrons. The maximum absolute atomic E-state index is 14.3. The van der Waals surface area contributed by atoms with E-state index in [4.69, 9.17) is 5.73 Å². The summed E-state index contributed by atoms with van der Waals surface area (Å²) in [7, 11) is -0.661. The molecule has 2 N–H and O–H groups in total. The van der Waals surface area contributed by atoms with Gasteiger partial charge in [-0.05, 0) is 48.9 Å². The number of fused-ring (bicyclic) bond motifs is 1. The third kappa shape index (κ3) is 3.87. The first-order valence-electron chi connectivity index (χ1n) is 9.31. The Bertz CT molecular complexity index is 1280. The van der Waals surface area contributed by atoms with Gasteiger partial charge in [0.2, 0.25) is 10.0 Å². The van der Waals surface area contributed by atoms with E-state index >= 15 is 0 Å². The number of nitriles is 1. The SMILES string of the molecule is Cc1c(-c2cccc(S(=O)(=O)N(C)C)c2)c2cc(C#N)ccc2n1CC(F)=CCN. The van der Waals surface area contributed by atoms with Crippen molar-refractivity contribution < 1.29 is 12.8 Å². The quantitative estimate of drug-likeness (QED) is 0.652. The second kappa shape index (κ2) is 8.40. The molecule has 3 aromatic rings. The molecule has 0 aliphatic rings. The van der Waals surface area contributed by atoms with Crippen molar-refractivity contribution >= 4 is 20.9 Å². The van der Waals surface area contributed by atoms with Crippen molar-refractivity contribution in [3.05, 3.63) is 65.6 Å². The molecule has 1 heterocycles. The number of allylic oxidation sites excluding steroid dienone is 1. The van der Waals surface area contributed by atoms with Crippen LogP contribution in [0.4, 0.5) is 4.39 Å². The maximum Gasteiger partial charge on any atom is 0.242 e. The van der Waals surface area contributed by atoms with Gasteiger partial charge in [0.05, 0.1) is 23.1 Å². The van der Waals surface area contributed by atoms with E-state index in [0.29, 0.717) is 11.1 Å². The zero-order valence-electron chi connectivity index (χ0n) is 17.1. The summed E-state index contributed by atoms with van der Waals surface area (Å²) in [6.45, 7) is 1.95. The van der Waals surface area contributed by atoms with Crippen LogP contribution in [0.2, 0.25) is 0 Å². The van der Waals surface area contributed by atoms with Crippen LogP contribution in [0.15, 0.2) is 59.3 Å². The Morgan fingerprint density at radius 3 is 2.63 bits per heavy atom. The summed E-state index contributed by atoms with van der Waals surface area (Å²) in [6.07, 6.45) is 1.32. The second-order valence-corrected chi connectivity index (χ2v) is 9.24. The number of hydrogen-bond donors (Lipinski definition) is 1. The van der Waals surface area contributed by atoms with Crippen LogP contribution in [0.3, 0.4) is 0 Å². The number of benzene rings is 2. The minimum atomic E-state index is -3.61. The lowest BCUT2D eigenvalue weighted by Crippen LogP contribution is -2.22. The van der Waals surface area contributed by atoms with Crippen LogP contribution in [0, 0.1) is 18.3 Å². The van der Waals surface area contributed by atoms with Gasteiger partial charge in [0.15, 0.2) is 0 Å². The van der Waals surface area contributed by atoms with Gasteiger partial charge in [-0.2, -0.15) is 5.26 Å². The predicted octanol–water partition coefficient (Wildman–Crippen LogP) is 3.55. The summed E-state index contributed by atoms with van der Waals surface area (Å²) in [4.78, 5) is 0.163. The van der Waals surface area contributed by atoms with E-state index in [-0.39, 0.29) is 23.8 Å². The molecule has 0 bridgehead atoms. The minimum absolute atomic E-state index is 0.00111.